The van der Waals surface area contributed by atoms with Gasteiger partial charge in [-0.3, -0.25) is 5.43 Å². The zero-order chi connectivity index (χ0) is 26.9. The molecule has 8 nitrogen and oxygen atoms in total. The van der Waals surface area contributed by atoms with E-state index in [1.165, 1.54) is 44.6 Å². The standard InChI is InChI=1S/C30H37FN6O2/c1-2-38-27-19-23(13-14-26(27)39-22-24-11-5-6-12-25(24)31)21-32-35-28-20-29(36-15-7-3-8-16-36)34-30(33-28)37-17-9-4-10-18-37/h5-6,11-14,19-21H,2-4,7-10,15-18,22H2,1H3,(H,33,34,35)/b32-21-. The molecule has 0 unspecified atom stereocenters. The van der Waals surface area contributed by atoms with Gasteiger partial charge in [-0.25, -0.2) is 4.39 Å². The Labute approximate surface area is 229 Å². The lowest BCUT2D eigenvalue weighted by molar-refractivity contribution is 0.266. The third-order valence-corrected chi connectivity index (χ3v) is 7.02. The lowest BCUT2D eigenvalue weighted by Crippen LogP contribution is -2.33. The first-order valence-corrected chi connectivity index (χ1v) is 14.0. The number of benzene rings is 2. The van der Waals surface area contributed by atoms with E-state index >= 15 is 0 Å². The highest BCUT2D eigenvalue weighted by Crippen LogP contribution is 2.29. The maximum atomic E-state index is 14.0. The summed E-state index contributed by atoms with van der Waals surface area (Å²) in [6.45, 7) is 6.52. The molecule has 2 aliphatic heterocycles. The van der Waals surface area contributed by atoms with Crippen molar-refractivity contribution in [1.29, 1.82) is 0 Å². The van der Waals surface area contributed by atoms with Gasteiger partial charge in [-0.1, -0.05) is 18.2 Å². The first kappa shape index (κ1) is 26.7. The third-order valence-electron chi connectivity index (χ3n) is 7.02. The number of nitrogens with zero attached hydrogens (tertiary/aromatic N) is 5. The summed E-state index contributed by atoms with van der Waals surface area (Å²) in [4.78, 5) is 14.3. The highest BCUT2D eigenvalue weighted by Gasteiger charge is 2.19. The molecule has 0 aliphatic carbocycles. The molecule has 0 amide bonds. The number of aromatic nitrogens is 2. The minimum atomic E-state index is -0.290. The van der Waals surface area contributed by atoms with Crippen LogP contribution in [0, 0.1) is 5.82 Å². The van der Waals surface area contributed by atoms with Crippen LogP contribution >= 0.6 is 0 Å². The van der Waals surface area contributed by atoms with E-state index in [0.717, 1.165) is 43.5 Å². The third kappa shape index (κ3) is 7.16. The molecule has 3 heterocycles. The van der Waals surface area contributed by atoms with Crippen molar-refractivity contribution in [1.82, 2.24) is 9.97 Å². The Bertz CT molecular complexity index is 1220. The summed E-state index contributed by atoms with van der Waals surface area (Å²) in [6.07, 6.45) is 8.96. The summed E-state index contributed by atoms with van der Waals surface area (Å²) < 4.78 is 25.7. The molecule has 1 aromatic heterocycles. The summed E-state index contributed by atoms with van der Waals surface area (Å²) >= 11 is 0. The Morgan fingerprint density at radius 1 is 0.872 bits per heavy atom. The first-order valence-electron chi connectivity index (χ1n) is 14.0. The lowest BCUT2D eigenvalue weighted by Gasteiger charge is -2.31. The average molecular weight is 533 g/mol. The van der Waals surface area contributed by atoms with Crippen LogP contribution in [0.1, 0.15) is 56.6 Å². The molecule has 0 spiro atoms. The van der Waals surface area contributed by atoms with Crippen LogP contribution in [0.2, 0.25) is 0 Å². The predicted octanol–water partition coefficient (Wildman–Crippen LogP) is 6.02. The van der Waals surface area contributed by atoms with Crippen LogP contribution in [0.5, 0.6) is 11.5 Å². The van der Waals surface area contributed by atoms with Gasteiger partial charge in [0.1, 0.15) is 18.2 Å². The van der Waals surface area contributed by atoms with E-state index in [-0.39, 0.29) is 12.4 Å². The molecule has 0 radical (unpaired) electrons. The van der Waals surface area contributed by atoms with Gasteiger partial charge in [-0.2, -0.15) is 15.1 Å². The van der Waals surface area contributed by atoms with Gasteiger partial charge in [0.2, 0.25) is 5.95 Å². The van der Waals surface area contributed by atoms with Crippen molar-refractivity contribution in [3.63, 3.8) is 0 Å². The molecule has 1 N–H and O–H groups in total. The Kier molecular flexibility index (Phi) is 9.09. The van der Waals surface area contributed by atoms with Crippen LogP contribution in [0.25, 0.3) is 0 Å². The molecule has 2 saturated heterocycles. The van der Waals surface area contributed by atoms with Gasteiger partial charge < -0.3 is 19.3 Å². The molecular weight excluding hydrogens is 495 g/mol. The van der Waals surface area contributed by atoms with Gasteiger partial charge in [-0.15, -0.1) is 0 Å². The molecule has 2 aliphatic rings. The number of nitrogens with one attached hydrogen (secondary N) is 1. The van der Waals surface area contributed by atoms with Crippen molar-refractivity contribution in [3.8, 4) is 11.5 Å². The number of piperidine rings is 2. The number of hydrazone groups is 1. The fraction of sp³-hybridized carbons (Fsp3) is 0.433. The van der Waals surface area contributed by atoms with Crippen molar-refractivity contribution in [3.05, 3.63) is 65.5 Å². The zero-order valence-electron chi connectivity index (χ0n) is 22.6. The van der Waals surface area contributed by atoms with Crippen molar-refractivity contribution >= 4 is 23.8 Å². The predicted molar refractivity (Wildman–Crippen MR) is 154 cm³/mol. The van der Waals surface area contributed by atoms with Crippen LogP contribution in [-0.2, 0) is 6.61 Å². The summed E-state index contributed by atoms with van der Waals surface area (Å²) in [5.74, 6) is 3.25. The largest absolute Gasteiger partial charge is 0.490 e. The highest BCUT2D eigenvalue weighted by atomic mass is 19.1. The molecule has 9 heteroatoms. The number of anilines is 3. The Hall–Kier alpha value is -3.88. The molecule has 2 aromatic carbocycles. The molecule has 0 bridgehead atoms. The van der Waals surface area contributed by atoms with Crippen LogP contribution in [-0.4, -0.2) is 49.0 Å². The molecule has 2 fully saturated rings. The van der Waals surface area contributed by atoms with Crippen molar-refractivity contribution in [2.45, 2.75) is 52.1 Å². The SMILES string of the molecule is CCOc1cc(/C=N\Nc2cc(N3CCCCC3)nc(N3CCCCC3)n2)ccc1OCc1ccccc1F. The van der Waals surface area contributed by atoms with Gasteiger partial charge in [0.05, 0.1) is 12.8 Å². The number of rotatable bonds is 10. The average Bonchev–Trinajstić information content (AvgIpc) is 2.98. The zero-order valence-corrected chi connectivity index (χ0v) is 22.6. The van der Waals surface area contributed by atoms with Crippen LogP contribution in [0.4, 0.5) is 22.0 Å². The first-order chi connectivity index (χ1) is 19.2. The van der Waals surface area contributed by atoms with E-state index in [1.807, 2.05) is 31.2 Å². The maximum Gasteiger partial charge on any atom is 0.229 e. The molecule has 0 atom stereocenters. The molecule has 5 rings (SSSR count). The molecule has 39 heavy (non-hydrogen) atoms. The fourth-order valence-corrected chi connectivity index (χ4v) is 4.94. The summed E-state index contributed by atoms with van der Waals surface area (Å²) in [5.41, 5.74) is 4.45. The Morgan fingerprint density at radius 2 is 1.62 bits per heavy atom. The quantitative estimate of drug-likeness (QED) is 0.253. The van der Waals surface area contributed by atoms with Gasteiger partial charge in [0.25, 0.3) is 0 Å². The molecular formula is C30H37FN6O2. The van der Waals surface area contributed by atoms with E-state index < -0.39 is 0 Å². The maximum absolute atomic E-state index is 14.0. The van der Waals surface area contributed by atoms with E-state index in [4.69, 9.17) is 19.4 Å². The van der Waals surface area contributed by atoms with E-state index in [0.29, 0.717) is 29.5 Å². The normalized spacial score (nSPS) is 15.9. The Morgan fingerprint density at radius 3 is 2.36 bits per heavy atom. The summed E-state index contributed by atoms with van der Waals surface area (Å²) in [6, 6.07) is 14.2. The number of halogens is 1. The topological polar surface area (TPSA) is 75.1 Å². The van der Waals surface area contributed by atoms with Gasteiger partial charge in [-0.05, 0) is 75.3 Å². The Balaban J connectivity index is 1.30. The van der Waals surface area contributed by atoms with Gasteiger partial charge in [0.15, 0.2) is 17.3 Å². The second kappa shape index (κ2) is 13.3. The second-order valence-electron chi connectivity index (χ2n) is 9.90. The number of hydrogen-bond donors (Lipinski definition) is 1. The smallest absolute Gasteiger partial charge is 0.229 e. The number of hydrogen-bond acceptors (Lipinski definition) is 8. The minimum Gasteiger partial charge on any atom is -0.490 e. The van der Waals surface area contributed by atoms with Crippen LogP contribution < -0.4 is 24.7 Å². The summed E-state index contributed by atoms with van der Waals surface area (Å²) in [7, 11) is 0. The monoisotopic (exact) mass is 532 g/mol. The molecule has 3 aromatic rings. The van der Waals surface area contributed by atoms with Gasteiger partial charge >= 0.3 is 0 Å². The van der Waals surface area contributed by atoms with E-state index in [9.17, 15) is 4.39 Å². The minimum absolute atomic E-state index is 0.119. The highest BCUT2D eigenvalue weighted by molar-refractivity contribution is 5.81. The lowest BCUT2D eigenvalue weighted by atomic mass is 10.1. The number of ether oxygens (including phenoxy) is 2. The second-order valence-corrected chi connectivity index (χ2v) is 9.90. The van der Waals surface area contributed by atoms with Crippen LogP contribution in [0.3, 0.4) is 0 Å². The fourth-order valence-electron chi connectivity index (χ4n) is 4.94. The molecule has 0 saturated carbocycles. The molecule has 206 valence electrons. The van der Waals surface area contributed by atoms with E-state index in [2.05, 4.69) is 20.3 Å². The van der Waals surface area contributed by atoms with Gasteiger partial charge in [0, 0.05) is 37.8 Å². The van der Waals surface area contributed by atoms with Crippen molar-refractivity contribution in [2.75, 3.05) is 48.0 Å². The van der Waals surface area contributed by atoms with Crippen LogP contribution in [0.15, 0.2) is 53.6 Å². The van der Waals surface area contributed by atoms with Crippen molar-refractivity contribution in [2.24, 2.45) is 5.10 Å². The summed E-state index contributed by atoms with van der Waals surface area (Å²) in [5, 5.41) is 4.47. The van der Waals surface area contributed by atoms with Crippen molar-refractivity contribution < 1.29 is 13.9 Å². The van der Waals surface area contributed by atoms with E-state index in [1.54, 1.807) is 24.4 Å².